The maximum atomic E-state index is 2.20. The van der Waals surface area contributed by atoms with Gasteiger partial charge < -0.3 is 0 Å². The first-order valence-corrected chi connectivity index (χ1v) is 8.03. The number of hydrogen-bond donors (Lipinski definition) is 0. The van der Waals surface area contributed by atoms with Crippen molar-refractivity contribution in [2.75, 3.05) is 0 Å². The zero-order valence-electron chi connectivity index (χ0n) is 13.2. The summed E-state index contributed by atoms with van der Waals surface area (Å²) in [5, 5.41) is 0. The lowest BCUT2D eigenvalue weighted by molar-refractivity contribution is 1.34. The fraction of sp³-hybridized carbons (Fsp3) is 0.200. The largest absolute Gasteiger partial charge is 0.0895 e. The van der Waals surface area contributed by atoms with Crippen LogP contribution in [0.2, 0.25) is 0 Å². The van der Waals surface area contributed by atoms with Crippen LogP contribution in [0.4, 0.5) is 0 Å². The average molecular weight is 294 g/mol. The summed E-state index contributed by atoms with van der Waals surface area (Å²) in [6.45, 7) is 8.54. The molecule has 0 aliphatic carbocycles. The zero-order valence-corrected chi connectivity index (χ0v) is 14.0. The van der Waals surface area contributed by atoms with Crippen molar-refractivity contribution < 1.29 is 0 Å². The van der Waals surface area contributed by atoms with E-state index in [1.807, 2.05) is 11.8 Å². The van der Waals surface area contributed by atoms with Gasteiger partial charge in [0.1, 0.15) is 0 Å². The summed E-state index contributed by atoms with van der Waals surface area (Å²) in [5.74, 6) is 0. The molecule has 1 heteroatoms. The standard InChI is InChI=1S/C20H22S/c1-15(2)9-12-17(4)19-7-5-6-8-20(19)21-18-13-10-16(3)11-14-18/h5-14H,1-4H3. The van der Waals surface area contributed by atoms with E-state index in [2.05, 4.69) is 88.4 Å². The first-order valence-electron chi connectivity index (χ1n) is 7.22. The SMILES string of the molecule is CC(C)=CC=C(C)c1ccccc1Sc1ccc(C)cc1. The first-order chi connectivity index (χ1) is 10.1. The van der Waals surface area contributed by atoms with Gasteiger partial charge >= 0.3 is 0 Å². The van der Waals surface area contributed by atoms with E-state index in [0.717, 1.165) is 0 Å². The van der Waals surface area contributed by atoms with Crippen LogP contribution in [-0.4, -0.2) is 0 Å². The molecule has 0 spiro atoms. The van der Waals surface area contributed by atoms with Crippen LogP contribution >= 0.6 is 11.8 Å². The van der Waals surface area contributed by atoms with Crippen LogP contribution in [0.25, 0.3) is 5.57 Å². The lowest BCUT2D eigenvalue weighted by atomic mass is 10.1. The Bertz CT molecular complexity index is 656. The summed E-state index contributed by atoms with van der Waals surface area (Å²) in [6.07, 6.45) is 4.37. The van der Waals surface area contributed by atoms with E-state index < -0.39 is 0 Å². The van der Waals surface area contributed by atoms with E-state index in [4.69, 9.17) is 0 Å². The van der Waals surface area contributed by atoms with Gasteiger partial charge in [-0.2, -0.15) is 0 Å². The Hall–Kier alpha value is -1.73. The van der Waals surface area contributed by atoms with Crippen molar-refractivity contribution in [1.82, 2.24) is 0 Å². The highest BCUT2D eigenvalue weighted by Gasteiger charge is 2.05. The monoisotopic (exact) mass is 294 g/mol. The summed E-state index contributed by atoms with van der Waals surface area (Å²) < 4.78 is 0. The van der Waals surface area contributed by atoms with Crippen LogP contribution in [0.15, 0.2) is 76.0 Å². The van der Waals surface area contributed by atoms with Crippen molar-refractivity contribution in [1.29, 1.82) is 0 Å². The van der Waals surface area contributed by atoms with E-state index in [1.54, 1.807) is 0 Å². The molecule has 0 amide bonds. The molecule has 0 aromatic heterocycles. The van der Waals surface area contributed by atoms with Gasteiger partial charge in [0, 0.05) is 9.79 Å². The van der Waals surface area contributed by atoms with Crippen molar-refractivity contribution in [2.45, 2.75) is 37.5 Å². The molecule has 0 aliphatic heterocycles. The molecule has 0 aliphatic rings. The van der Waals surface area contributed by atoms with Gasteiger partial charge in [-0.05, 0) is 57.0 Å². The van der Waals surface area contributed by atoms with Crippen LogP contribution in [0.5, 0.6) is 0 Å². The highest BCUT2D eigenvalue weighted by atomic mass is 32.2. The summed E-state index contributed by atoms with van der Waals surface area (Å²) in [5.41, 5.74) is 5.22. The molecule has 0 saturated carbocycles. The van der Waals surface area contributed by atoms with Crippen LogP contribution in [-0.2, 0) is 0 Å². The highest BCUT2D eigenvalue weighted by molar-refractivity contribution is 7.99. The predicted molar refractivity (Wildman–Crippen MR) is 94.8 cm³/mol. The van der Waals surface area contributed by atoms with E-state index in [-0.39, 0.29) is 0 Å². The summed E-state index contributed by atoms with van der Waals surface area (Å²) in [6, 6.07) is 17.3. The Morgan fingerprint density at radius 2 is 1.52 bits per heavy atom. The Balaban J connectivity index is 2.30. The highest BCUT2D eigenvalue weighted by Crippen LogP contribution is 2.33. The molecule has 0 unspecified atom stereocenters. The van der Waals surface area contributed by atoms with E-state index in [0.29, 0.717) is 0 Å². The lowest BCUT2D eigenvalue weighted by Gasteiger charge is -2.09. The molecule has 21 heavy (non-hydrogen) atoms. The molecule has 0 bridgehead atoms. The van der Waals surface area contributed by atoms with Gasteiger partial charge in [0.05, 0.1) is 0 Å². The molecule has 0 saturated heterocycles. The van der Waals surface area contributed by atoms with Crippen molar-refractivity contribution in [3.05, 3.63) is 77.4 Å². The van der Waals surface area contributed by atoms with Gasteiger partial charge in [0.15, 0.2) is 0 Å². The maximum Gasteiger partial charge on any atom is 0.0197 e. The van der Waals surface area contributed by atoms with Crippen LogP contribution in [0, 0.1) is 6.92 Å². The normalized spacial score (nSPS) is 11.3. The van der Waals surface area contributed by atoms with Gasteiger partial charge in [-0.15, -0.1) is 0 Å². The smallest absolute Gasteiger partial charge is 0.0197 e. The zero-order chi connectivity index (χ0) is 15.2. The summed E-state index contributed by atoms with van der Waals surface area (Å²) >= 11 is 1.82. The molecule has 0 fully saturated rings. The van der Waals surface area contributed by atoms with Crippen LogP contribution < -0.4 is 0 Å². The first kappa shape index (κ1) is 15.7. The van der Waals surface area contributed by atoms with E-state index in [9.17, 15) is 0 Å². The van der Waals surface area contributed by atoms with Gasteiger partial charge in [-0.3, -0.25) is 0 Å². The molecule has 0 N–H and O–H groups in total. The van der Waals surface area contributed by atoms with Gasteiger partial charge in [-0.1, -0.05) is 65.4 Å². The number of hydrogen-bond acceptors (Lipinski definition) is 1. The van der Waals surface area contributed by atoms with Gasteiger partial charge in [0.2, 0.25) is 0 Å². The third kappa shape index (κ3) is 4.64. The molecule has 0 nitrogen and oxygen atoms in total. The molecule has 2 rings (SSSR count). The van der Waals surface area contributed by atoms with Crippen molar-refractivity contribution in [2.24, 2.45) is 0 Å². The van der Waals surface area contributed by atoms with Crippen molar-refractivity contribution in [3.63, 3.8) is 0 Å². The van der Waals surface area contributed by atoms with Gasteiger partial charge in [-0.25, -0.2) is 0 Å². The Labute approximate surface area is 132 Å². The Kier molecular flexibility index (Phi) is 5.46. The van der Waals surface area contributed by atoms with Gasteiger partial charge in [0.25, 0.3) is 0 Å². The van der Waals surface area contributed by atoms with Crippen molar-refractivity contribution in [3.8, 4) is 0 Å². The molecule has 0 radical (unpaired) electrons. The molecule has 2 aromatic rings. The van der Waals surface area contributed by atoms with E-state index in [1.165, 1.54) is 32.1 Å². The second-order valence-electron chi connectivity index (χ2n) is 5.50. The predicted octanol–water partition coefficient (Wildman–Crippen LogP) is 6.52. The Morgan fingerprint density at radius 3 is 2.19 bits per heavy atom. The molecular formula is C20H22S. The molecule has 0 atom stereocenters. The molecular weight excluding hydrogens is 272 g/mol. The second-order valence-corrected chi connectivity index (χ2v) is 6.62. The summed E-state index contributed by atoms with van der Waals surface area (Å²) in [4.78, 5) is 2.58. The van der Waals surface area contributed by atoms with Crippen molar-refractivity contribution >= 4 is 17.3 Å². The third-order valence-electron chi connectivity index (χ3n) is 3.23. The number of aryl methyl sites for hydroxylation is 1. The molecule has 2 aromatic carbocycles. The minimum Gasteiger partial charge on any atom is -0.0895 e. The number of rotatable bonds is 4. The fourth-order valence-corrected chi connectivity index (χ4v) is 3.01. The fourth-order valence-electron chi connectivity index (χ4n) is 2.00. The minimum atomic E-state index is 1.28. The lowest BCUT2D eigenvalue weighted by Crippen LogP contribution is -1.85. The molecule has 0 heterocycles. The topological polar surface area (TPSA) is 0 Å². The third-order valence-corrected chi connectivity index (χ3v) is 4.31. The maximum absolute atomic E-state index is 2.20. The van der Waals surface area contributed by atoms with Crippen LogP contribution in [0.3, 0.4) is 0 Å². The minimum absolute atomic E-state index is 1.28. The Morgan fingerprint density at radius 1 is 0.857 bits per heavy atom. The number of benzene rings is 2. The average Bonchev–Trinajstić information content (AvgIpc) is 2.48. The summed E-state index contributed by atoms with van der Waals surface area (Å²) in [7, 11) is 0. The number of allylic oxidation sites excluding steroid dienone is 4. The van der Waals surface area contributed by atoms with E-state index >= 15 is 0 Å². The quantitative estimate of drug-likeness (QED) is 0.579. The molecule has 108 valence electrons. The second kappa shape index (κ2) is 7.33. The van der Waals surface area contributed by atoms with Crippen LogP contribution in [0.1, 0.15) is 31.9 Å².